The lowest BCUT2D eigenvalue weighted by molar-refractivity contribution is -0.145. The van der Waals surface area contributed by atoms with E-state index in [0.29, 0.717) is 25.3 Å². The minimum Gasteiger partial charge on any atom is -0.345 e. The number of H-pyrrole nitrogens is 2. The van der Waals surface area contributed by atoms with E-state index in [1.807, 2.05) is 42.0 Å². The number of benzene rings is 1. The Morgan fingerprint density at radius 2 is 1.42 bits per heavy atom. The van der Waals surface area contributed by atoms with E-state index < -0.39 is 5.67 Å². The van der Waals surface area contributed by atoms with Crippen molar-refractivity contribution in [2.75, 3.05) is 26.2 Å². The Morgan fingerprint density at radius 1 is 0.800 bits per heavy atom. The van der Waals surface area contributed by atoms with Crippen LogP contribution in [0.5, 0.6) is 0 Å². The first-order chi connectivity index (χ1) is 24.4. The Balaban J connectivity index is 0.000000135. The van der Waals surface area contributed by atoms with Crippen LogP contribution in [0.15, 0.2) is 79.6 Å². The number of hydrogen-bond donors (Lipinski definition) is 2. The van der Waals surface area contributed by atoms with Crippen molar-refractivity contribution in [3.63, 3.8) is 0 Å². The third-order valence-corrected chi connectivity index (χ3v) is 10.9. The van der Waals surface area contributed by atoms with E-state index in [9.17, 15) is 9.18 Å². The highest BCUT2D eigenvalue weighted by Crippen LogP contribution is 2.42. The van der Waals surface area contributed by atoms with Crippen LogP contribution in [-0.4, -0.2) is 86.3 Å². The summed E-state index contributed by atoms with van der Waals surface area (Å²) in [4.78, 5) is 41.4. The molecule has 0 spiro atoms. The normalized spacial score (nSPS) is 24.2. The molecular formula is C38H41FN10O. The largest absolute Gasteiger partial charge is 0.345 e. The molecule has 1 aromatic carbocycles. The summed E-state index contributed by atoms with van der Waals surface area (Å²) in [6, 6.07) is 14.8. The molecular weight excluding hydrogens is 631 g/mol. The smallest absolute Gasteiger partial charge is 0.225 e. The lowest BCUT2D eigenvalue weighted by atomic mass is 9.72. The maximum Gasteiger partial charge on any atom is 0.225 e. The molecule has 10 rings (SSSR count). The summed E-state index contributed by atoms with van der Waals surface area (Å²) in [6.07, 6.45) is 15.3. The molecule has 2 atom stereocenters. The molecule has 3 fully saturated rings. The summed E-state index contributed by atoms with van der Waals surface area (Å²) in [7, 11) is 0. The standard InChI is InChI=1S/C19H22FN5O.C19H19N5/c1-19(20)7-13(8-19)18(26)24-6-2-3-12(11-24)15-9-22-16-10-23-17-14(25(15)16)4-5-21-17;1-2-4-14(5-3-1)12-23-9-7-15(13-23)17-10-21-18-11-22-19-16(24(17)18)6-8-20-19/h4-5,9-10,12-13,21H,2-3,6-8,11H2,1H3;1-6,8,10-11,15,20H,7,9,12-13H2/t12-,13?,19?;/m1./s1. The molecule has 6 aromatic heterocycles. The van der Waals surface area contributed by atoms with Crippen LogP contribution in [0, 0.1) is 5.92 Å². The highest BCUT2D eigenvalue weighted by molar-refractivity contribution is 5.80. The predicted molar refractivity (Wildman–Crippen MR) is 190 cm³/mol. The number of rotatable bonds is 5. The van der Waals surface area contributed by atoms with Gasteiger partial charge in [-0.15, -0.1) is 0 Å². The highest BCUT2D eigenvalue weighted by atomic mass is 19.1. The van der Waals surface area contributed by atoms with Crippen molar-refractivity contribution in [2.24, 2.45) is 5.92 Å². The SMILES string of the molecule is CC1(F)CC(C(=O)N2CCC[C@@H](c3cnc4cnc5[nH]ccc5n34)C2)C1.c1ccc(CN2CCC(c3cnc4cnc5[nH]ccc5n34)C2)cc1. The molecule has 2 saturated heterocycles. The number of hydrogen-bond acceptors (Lipinski definition) is 6. The number of amides is 1. The van der Waals surface area contributed by atoms with Crippen LogP contribution in [0.4, 0.5) is 4.39 Å². The van der Waals surface area contributed by atoms with Crippen molar-refractivity contribution in [3.05, 3.63) is 96.6 Å². The van der Waals surface area contributed by atoms with Gasteiger partial charge in [0.2, 0.25) is 5.91 Å². The average molecular weight is 673 g/mol. The predicted octanol–water partition coefficient (Wildman–Crippen LogP) is 6.25. The van der Waals surface area contributed by atoms with Crippen LogP contribution >= 0.6 is 0 Å². The van der Waals surface area contributed by atoms with E-state index >= 15 is 0 Å². The molecule has 1 saturated carbocycles. The zero-order valence-electron chi connectivity index (χ0n) is 28.2. The van der Waals surface area contributed by atoms with Gasteiger partial charge in [-0.25, -0.2) is 24.3 Å². The summed E-state index contributed by atoms with van der Waals surface area (Å²) in [5, 5.41) is 0. The van der Waals surface area contributed by atoms with Gasteiger partial charge in [0.25, 0.3) is 0 Å². The monoisotopic (exact) mass is 672 g/mol. The van der Waals surface area contributed by atoms with Crippen molar-refractivity contribution in [3.8, 4) is 0 Å². The molecule has 12 heteroatoms. The van der Waals surface area contributed by atoms with Gasteiger partial charge in [-0.05, 0) is 63.3 Å². The van der Waals surface area contributed by atoms with Crippen molar-refractivity contribution >= 4 is 39.5 Å². The van der Waals surface area contributed by atoms with Gasteiger partial charge in [-0.3, -0.25) is 18.5 Å². The molecule has 0 bridgehead atoms. The Bertz CT molecular complexity index is 2290. The number of piperidine rings is 1. The molecule has 3 aliphatic rings. The van der Waals surface area contributed by atoms with Crippen molar-refractivity contribution in [2.45, 2.75) is 63.1 Å². The Morgan fingerprint density at radius 3 is 2.04 bits per heavy atom. The molecule has 8 heterocycles. The maximum atomic E-state index is 13.8. The van der Waals surface area contributed by atoms with Gasteiger partial charge in [0, 0.05) is 80.1 Å². The fourth-order valence-electron chi connectivity index (χ4n) is 8.44. The van der Waals surface area contributed by atoms with E-state index in [0.717, 1.165) is 78.3 Å². The van der Waals surface area contributed by atoms with E-state index in [1.54, 1.807) is 13.1 Å². The Labute approximate surface area is 288 Å². The number of likely N-dealkylation sites (tertiary alicyclic amines) is 2. The lowest BCUT2D eigenvalue weighted by Crippen LogP contribution is -2.49. The number of aromatic amines is 2. The van der Waals surface area contributed by atoms with Crippen LogP contribution < -0.4 is 0 Å². The minimum absolute atomic E-state index is 0.118. The summed E-state index contributed by atoms with van der Waals surface area (Å²) < 4.78 is 18.2. The first-order valence-electron chi connectivity index (χ1n) is 17.7. The van der Waals surface area contributed by atoms with Crippen LogP contribution in [-0.2, 0) is 11.3 Å². The zero-order chi connectivity index (χ0) is 33.8. The number of alkyl halides is 1. The third kappa shape index (κ3) is 5.61. The topological polar surface area (TPSA) is 116 Å². The van der Waals surface area contributed by atoms with Crippen LogP contribution in [0.2, 0.25) is 0 Å². The Kier molecular flexibility index (Phi) is 7.63. The number of imidazole rings is 2. The number of carbonyl (C=O) groups excluding carboxylic acids is 1. The van der Waals surface area contributed by atoms with Crippen LogP contribution in [0.3, 0.4) is 0 Å². The molecule has 1 unspecified atom stereocenters. The van der Waals surface area contributed by atoms with Gasteiger partial charge in [-0.2, -0.15) is 0 Å². The number of fused-ring (bicyclic) bond motifs is 6. The second-order valence-corrected chi connectivity index (χ2v) is 14.5. The van der Waals surface area contributed by atoms with E-state index in [4.69, 9.17) is 0 Å². The third-order valence-electron chi connectivity index (χ3n) is 10.9. The molecule has 2 aliphatic heterocycles. The van der Waals surface area contributed by atoms with Gasteiger partial charge in [0.15, 0.2) is 22.6 Å². The fourth-order valence-corrected chi connectivity index (χ4v) is 8.44. The molecule has 0 radical (unpaired) electrons. The van der Waals surface area contributed by atoms with Crippen LogP contribution in [0.25, 0.3) is 33.6 Å². The molecule has 2 N–H and O–H groups in total. The Hall–Kier alpha value is -5.10. The van der Waals surface area contributed by atoms with Gasteiger partial charge in [-0.1, -0.05) is 30.3 Å². The number of aromatic nitrogens is 8. The zero-order valence-corrected chi connectivity index (χ0v) is 28.2. The van der Waals surface area contributed by atoms with Crippen molar-refractivity contribution in [1.82, 2.24) is 48.5 Å². The van der Waals surface area contributed by atoms with E-state index in [2.05, 4.69) is 80.0 Å². The van der Waals surface area contributed by atoms with Gasteiger partial charge in [0.1, 0.15) is 5.67 Å². The highest BCUT2D eigenvalue weighted by Gasteiger charge is 2.46. The second-order valence-electron chi connectivity index (χ2n) is 14.5. The fraction of sp³-hybridized carbons (Fsp3) is 0.395. The second kappa shape index (κ2) is 12.3. The van der Waals surface area contributed by atoms with Crippen molar-refractivity contribution < 1.29 is 9.18 Å². The maximum absolute atomic E-state index is 13.8. The van der Waals surface area contributed by atoms with E-state index in [1.165, 1.54) is 17.7 Å². The summed E-state index contributed by atoms with van der Waals surface area (Å²) in [6.45, 7) is 6.28. The quantitative estimate of drug-likeness (QED) is 0.223. The minimum atomic E-state index is -1.16. The van der Waals surface area contributed by atoms with Crippen LogP contribution in [0.1, 0.15) is 67.8 Å². The first-order valence-corrected chi connectivity index (χ1v) is 17.7. The summed E-state index contributed by atoms with van der Waals surface area (Å²) in [5.74, 6) is 0.725. The molecule has 1 amide bonds. The lowest BCUT2D eigenvalue weighted by Gasteiger charge is -2.42. The van der Waals surface area contributed by atoms with Gasteiger partial charge in [0.05, 0.1) is 23.4 Å². The van der Waals surface area contributed by atoms with Gasteiger partial charge < -0.3 is 14.9 Å². The van der Waals surface area contributed by atoms with Gasteiger partial charge >= 0.3 is 0 Å². The number of nitrogens with one attached hydrogen (secondary N) is 2. The molecule has 256 valence electrons. The number of nitrogens with zero attached hydrogens (tertiary/aromatic N) is 8. The first kappa shape index (κ1) is 30.9. The molecule has 7 aromatic rings. The van der Waals surface area contributed by atoms with Crippen molar-refractivity contribution in [1.29, 1.82) is 0 Å². The molecule has 1 aliphatic carbocycles. The summed E-state index contributed by atoms with van der Waals surface area (Å²) >= 11 is 0. The number of halogens is 1. The number of carbonyl (C=O) groups is 1. The molecule has 11 nitrogen and oxygen atoms in total. The summed E-state index contributed by atoms with van der Waals surface area (Å²) in [5.41, 5.74) is 8.26. The van der Waals surface area contributed by atoms with E-state index in [-0.39, 0.29) is 17.7 Å². The molecule has 50 heavy (non-hydrogen) atoms. The average Bonchev–Trinajstić information content (AvgIpc) is 3.96.